The highest BCUT2D eigenvalue weighted by atomic mass is 19.1. The normalized spacial score (nSPS) is 16.5. The summed E-state index contributed by atoms with van der Waals surface area (Å²) in [5, 5.41) is 0. The van der Waals surface area contributed by atoms with Gasteiger partial charge in [0.2, 0.25) is 0 Å². The molecule has 3 rings (SSSR count). The molecule has 114 valence electrons. The third-order valence-electron chi connectivity index (χ3n) is 3.51. The Bertz CT molecular complexity index is 743. The lowest BCUT2D eigenvalue weighted by molar-refractivity contribution is 0.417. The molecule has 0 spiro atoms. The van der Waals surface area contributed by atoms with Crippen LogP contribution in [0.2, 0.25) is 0 Å². The number of nitrogen functional groups attached to an aromatic ring is 1. The third kappa shape index (κ3) is 2.15. The molecular formula is C15H14F2N4O. The first-order valence-electron chi connectivity index (χ1n) is 6.52. The molecule has 4 N–H and O–H groups in total. The Balaban J connectivity index is 2.09. The van der Waals surface area contributed by atoms with E-state index in [9.17, 15) is 8.78 Å². The highest BCUT2D eigenvalue weighted by molar-refractivity contribution is 5.87. The maximum Gasteiger partial charge on any atom is 0.149 e. The molecular weight excluding hydrogens is 290 g/mol. The summed E-state index contributed by atoms with van der Waals surface area (Å²) in [5.74, 6) is -0.965. The highest BCUT2D eigenvalue weighted by Gasteiger charge is 2.27. The molecule has 1 aliphatic rings. The average molecular weight is 304 g/mol. The summed E-state index contributed by atoms with van der Waals surface area (Å²) < 4.78 is 33.0. The number of halogens is 2. The van der Waals surface area contributed by atoms with Crippen LogP contribution in [0.4, 0.5) is 25.8 Å². The second-order valence-corrected chi connectivity index (χ2v) is 4.82. The van der Waals surface area contributed by atoms with Crippen LogP contribution >= 0.6 is 0 Å². The molecule has 2 aromatic rings. The van der Waals surface area contributed by atoms with Gasteiger partial charge in [-0.2, -0.15) is 0 Å². The summed E-state index contributed by atoms with van der Waals surface area (Å²) >= 11 is 0. The fourth-order valence-corrected chi connectivity index (χ4v) is 2.41. The molecule has 0 fully saturated rings. The van der Waals surface area contributed by atoms with Crippen LogP contribution in [0.25, 0.3) is 0 Å². The molecule has 0 aromatic heterocycles. The zero-order valence-electron chi connectivity index (χ0n) is 11.8. The Kier molecular flexibility index (Phi) is 3.42. The summed E-state index contributed by atoms with van der Waals surface area (Å²) in [4.78, 5) is 5.42. The standard InChI is InChI=1S/C15H14F2N4O/c1-22-13-6-12-8(5-11(13)18)15(19)21(7-20-12)14-9(16)3-2-4-10(14)17/h2-7,15H,18-19H2,1H3. The molecule has 22 heavy (non-hydrogen) atoms. The molecule has 0 radical (unpaired) electrons. The summed E-state index contributed by atoms with van der Waals surface area (Å²) in [6.45, 7) is 0. The van der Waals surface area contributed by atoms with Crippen LogP contribution in [0.3, 0.4) is 0 Å². The number of fused-ring (bicyclic) bond motifs is 1. The number of ether oxygens (including phenoxy) is 1. The van der Waals surface area contributed by atoms with Crippen molar-refractivity contribution in [3.05, 3.63) is 47.5 Å². The summed E-state index contributed by atoms with van der Waals surface area (Å²) in [6.07, 6.45) is 0.483. The summed E-state index contributed by atoms with van der Waals surface area (Å²) in [7, 11) is 1.49. The second kappa shape index (κ2) is 5.27. The molecule has 0 saturated heterocycles. The molecule has 5 nitrogen and oxygen atoms in total. The van der Waals surface area contributed by atoms with E-state index in [0.29, 0.717) is 22.7 Å². The first-order valence-corrected chi connectivity index (χ1v) is 6.52. The smallest absolute Gasteiger partial charge is 0.149 e. The van der Waals surface area contributed by atoms with Crippen molar-refractivity contribution >= 4 is 23.4 Å². The lowest BCUT2D eigenvalue weighted by Gasteiger charge is -2.31. The Morgan fingerprint density at radius 3 is 2.55 bits per heavy atom. The van der Waals surface area contributed by atoms with Crippen molar-refractivity contribution in [2.24, 2.45) is 10.7 Å². The largest absolute Gasteiger partial charge is 0.495 e. The molecule has 1 unspecified atom stereocenters. The lowest BCUT2D eigenvalue weighted by Crippen LogP contribution is -2.36. The van der Waals surface area contributed by atoms with Gasteiger partial charge in [0.15, 0.2) is 0 Å². The first-order chi connectivity index (χ1) is 10.5. The van der Waals surface area contributed by atoms with Gasteiger partial charge in [-0.1, -0.05) is 6.07 Å². The van der Waals surface area contributed by atoms with Gasteiger partial charge in [-0.25, -0.2) is 13.8 Å². The van der Waals surface area contributed by atoms with Crippen LogP contribution in [-0.4, -0.2) is 13.4 Å². The number of aliphatic imine (C=N–C) groups is 1. The predicted molar refractivity (Wildman–Crippen MR) is 81.3 cm³/mol. The van der Waals surface area contributed by atoms with Gasteiger partial charge in [-0.3, -0.25) is 0 Å². The third-order valence-corrected chi connectivity index (χ3v) is 3.51. The van der Waals surface area contributed by atoms with Crippen molar-refractivity contribution < 1.29 is 13.5 Å². The fourth-order valence-electron chi connectivity index (χ4n) is 2.41. The zero-order valence-corrected chi connectivity index (χ0v) is 11.8. The molecule has 0 amide bonds. The van der Waals surface area contributed by atoms with E-state index in [4.69, 9.17) is 16.2 Å². The van der Waals surface area contributed by atoms with Gasteiger partial charge in [0.05, 0.1) is 24.8 Å². The highest BCUT2D eigenvalue weighted by Crippen LogP contribution is 2.39. The molecule has 1 aliphatic heterocycles. The Hall–Kier alpha value is -2.67. The number of hydrogen-bond acceptors (Lipinski definition) is 5. The van der Waals surface area contributed by atoms with E-state index in [1.807, 2.05) is 0 Å². The van der Waals surface area contributed by atoms with Gasteiger partial charge in [0.25, 0.3) is 0 Å². The van der Waals surface area contributed by atoms with Crippen LogP contribution < -0.4 is 21.1 Å². The number of rotatable bonds is 2. The van der Waals surface area contributed by atoms with E-state index in [1.165, 1.54) is 24.4 Å². The first kappa shape index (κ1) is 14.3. The predicted octanol–water partition coefficient (Wildman–Crippen LogP) is 2.69. The van der Waals surface area contributed by atoms with E-state index in [1.54, 1.807) is 12.1 Å². The van der Waals surface area contributed by atoms with Crippen molar-refractivity contribution in [3.63, 3.8) is 0 Å². The van der Waals surface area contributed by atoms with Crippen LogP contribution in [0, 0.1) is 11.6 Å². The molecule has 2 aromatic carbocycles. The van der Waals surface area contributed by atoms with Gasteiger partial charge >= 0.3 is 0 Å². The monoisotopic (exact) mass is 304 g/mol. The quantitative estimate of drug-likeness (QED) is 0.836. The van der Waals surface area contributed by atoms with Crippen molar-refractivity contribution in [3.8, 4) is 5.75 Å². The van der Waals surface area contributed by atoms with E-state index < -0.39 is 17.8 Å². The van der Waals surface area contributed by atoms with E-state index in [2.05, 4.69) is 4.99 Å². The molecule has 0 aliphatic carbocycles. The Morgan fingerprint density at radius 2 is 1.91 bits per heavy atom. The number of nitrogens with two attached hydrogens (primary N) is 2. The van der Waals surface area contributed by atoms with E-state index in [0.717, 1.165) is 12.1 Å². The molecule has 0 bridgehead atoms. The number of nitrogens with zero attached hydrogens (tertiary/aromatic N) is 2. The zero-order chi connectivity index (χ0) is 15.9. The van der Waals surface area contributed by atoms with Gasteiger partial charge in [-0.15, -0.1) is 0 Å². The molecule has 7 heteroatoms. The molecule has 0 saturated carbocycles. The number of methoxy groups -OCH3 is 1. The van der Waals surface area contributed by atoms with E-state index in [-0.39, 0.29) is 5.69 Å². The van der Waals surface area contributed by atoms with Crippen LogP contribution in [0.15, 0.2) is 35.3 Å². The Morgan fingerprint density at radius 1 is 1.23 bits per heavy atom. The van der Waals surface area contributed by atoms with Crippen molar-refractivity contribution in [2.75, 3.05) is 17.7 Å². The van der Waals surface area contributed by atoms with Gasteiger partial charge in [0.1, 0.15) is 29.2 Å². The van der Waals surface area contributed by atoms with Crippen molar-refractivity contribution in [2.45, 2.75) is 6.17 Å². The van der Waals surface area contributed by atoms with Gasteiger partial charge < -0.3 is 21.1 Å². The average Bonchev–Trinajstić information content (AvgIpc) is 2.49. The minimum Gasteiger partial charge on any atom is -0.495 e. The number of benzene rings is 2. The minimum absolute atomic E-state index is 0.251. The number of para-hydroxylation sites is 1. The maximum absolute atomic E-state index is 13.9. The summed E-state index contributed by atoms with van der Waals surface area (Å²) in [6, 6.07) is 6.85. The number of hydrogen-bond donors (Lipinski definition) is 2. The minimum atomic E-state index is -0.813. The second-order valence-electron chi connectivity index (χ2n) is 4.82. The topological polar surface area (TPSA) is 76.9 Å². The molecule has 1 heterocycles. The van der Waals surface area contributed by atoms with E-state index >= 15 is 0 Å². The van der Waals surface area contributed by atoms with Crippen molar-refractivity contribution in [1.29, 1.82) is 0 Å². The van der Waals surface area contributed by atoms with Crippen LogP contribution in [0.5, 0.6) is 5.75 Å². The lowest BCUT2D eigenvalue weighted by atomic mass is 10.1. The Labute approximate surface area is 125 Å². The SMILES string of the molecule is COc1cc2c(cc1N)C(N)N(c1c(F)cccc1F)C=N2. The van der Waals surface area contributed by atoms with Crippen molar-refractivity contribution in [1.82, 2.24) is 0 Å². The maximum atomic E-state index is 13.9. The van der Waals surface area contributed by atoms with Gasteiger partial charge in [-0.05, 0) is 18.2 Å². The number of anilines is 2. The van der Waals surface area contributed by atoms with Crippen LogP contribution in [0.1, 0.15) is 11.7 Å². The fraction of sp³-hybridized carbons (Fsp3) is 0.133. The molecule has 1 atom stereocenters. The van der Waals surface area contributed by atoms with Gasteiger partial charge in [0, 0.05) is 11.6 Å². The van der Waals surface area contributed by atoms with Crippen LogP contribution in [-0.2, 0) is 0 Å². The summed E-state index contributed by atoms with van der Waals surface area (Å²) in [5.41, 5.74) is 13.2.